The van der Waals surface area contributed by atoms with Crippen molar-refractivity contribution in [3.05, 3.63) is 75.7 Å². The normalized spacial score (nSPS) is 27.5. The van der Waals surface area contributed by atoms with Crippen LogP contribution in [0.1, 0.15) is 55.1 Å². The summed E-state index contributed by atoms with van der Waals surface area (Å²) in [5, 5.41) is 16.7. The summed E-state index contributed by atoms with van der Waals surface area (Å²) < 4.78 is 1.85. The number of aromatic nitrogens is 1. The topological polar surface area (TPSA) is 83.4 Å². The van der Waals surface area contributed by atoms with E-state index in [1.54, 1.807) is 0 Å². The van der Waals surface area contributed by atoms with Crippen LogP contribution in [0.2, 0.25) is 0 Å². The molecule has 31 heavy (non-hydrogen) atoms. The molecule has 3 heterocycles. The lowest BCUT2D eigenvalue weighted by Crippen LogP contribution is -2.46. The lowest BCUT2D eigenvalue weighted by Gasteiger charge is -2.23. The molecule has 0 bridgehead atoms. The van der Waals surface area contributed by atoms with E-state index in [4.69, 9.17) is 0 Å². The largest absolute Gasteiger partial charge is 0.396 e. The van der Waals surface area contributed by atoms with E-state index in [2.05, 4.69) is 16.7 Å². The highest BCUT2D eigenvalue weighted by atomic mass is 16.3. The zero-order valence-corrected chi connectivity index (χ0v) is 17.8. The molecule has 0 unspecified atom stereocenters. The predicted octanol–water partition coefficient (Wildman–Crippen LogP) is 2.54. The fraction of sp³-hybridized carbons (Fsp3) is 0.440. The van der Waals surface area contributed by atoms with Crippen LogP contribution in [-0.4, -0.2) is 28.2 Å². The number of rotatable bonds is 5. The van der Waals surface area contributed by atoms with E-state index in [9.17, 15) is 14.7 Å². The number of nitrogens with one attached hydrogen (secondary N) is 2. The van der Waals surface area contributed by atoms with Crippen molar-refractivity contribution < 1.29 is 9.90 Å². The van der Waals surface area contributed by atoms with Crippen molar-refractivity contribution in [1.82, 2.24) is 15.2 Å². The molecule has 5 atom stereocenters. The molecule has 2 aliphatic heterocycles. The Labute approximate surface area is 182 Å². The van der Waals surface area contributed by atoms with Gasteiger partial charge in [0.05, 0.1) is 18.1 Å². The number of benzene rings is 1. The van der Waals surface area contributed by atoms with Gasteiger partial charge in [-0.15, -0.1) is 0 Å². The molecule has 6 heteroatoms. The van der Waals surface area contributed by atoms with Crippen LogP contribution in [0, 0.1) is 11.8 Å². The molecular formula is C25H29N3O3. The molecule has 5 rings (SSSR count). The van der Waals surface area contributed by atoms with Crippen LogP contribution in [0.5, 0.6) is 0 Å². The highest BCUT2D eigenvalue weighted by molar-refractivity contribution is 5.83. The van der Waals surface area contributed by atoms with Crippen LogP contribution in [0.15, 0.2) is 53.3 Å². The van der Waals surface area contributed by atoms with Crippen molar-refractivity contribution in [3.63, 3.8) is 0 Å². The molecular weight excluding hydrogens is 390 g/mol. The van der Waals surface area contributed by atoms with Gasteiger partial charge in [0.2, 0.25) is 5.91 Å². The number of pyridine rings is 1. The van der Waals surface area contributed by atoms with Crippen LogP contribution < -0.4 is 16.2 Å². The Morgan fingerprint density at radius 3 is 2.77 bits per heavy atom. The van der Waals surface area contributed by atoms with Crippen LogP contribution in [0.3, 0.4) is 0 Å². The molecule has 2 aromatic rings. The molecule has 1 aromatic carbocycles. The zero-order chi connectivity index (χ0) is 21.5. The van der Waals surface area contributed by atoms with E-state index in [1.165, 1.54) is 0 Å². The van der Waals surface area contributed by atoms with Gasteiger partial charge in [-0.1, -0.05) is 36.4 Å². The summed E-state index contributed by atoms with van der Waals surface area (Å²) in [7, 11) is 0. The summed E-state index contributed by atoms with van der Waals surface area (Å²) >= 11 is 0. The molecule has 1 fully saturated rings. The molecule has 6 nitrogen and oxygen atoms in total. The van der Waals surface area contributed by atoms with Gasteiger partial charge < -0.3 is 15.0 Å². The van der Waals surface area contributed by atoms with Crippen molar-refractivity contribution in [1.29, 1.82) is 0 Å². The Balaban J connectivity index is 1.37. The summed E-state index contributed by atoms with van der Waals surface area (Å²) in [6, 6.07) is 13.1. The standard InChI is InChI=1S/C25H29N3O3/c1-15(16-7-3-2-4-8-16)26-24(30)23-20(14-29)19-13-28-21(22(19)27-23)12-11-18(25(28)31)17-9-5-6-10-17/h2-4,7-9,11-12,15,19-20,22-23,27,29H,5-6,10,13-14H2,1H3,(H,26,30)/t15-,19+,20+,22-,23+/m1/s1. The molecule has 1 amide bonds. The number of carbonyl (C=O) groups excluding carboxylic acids is 1. The van der Waals surface area contributed by atoms with Crippen LogP contribution in [-0.2, 0) is 11.3 Å². The average Bonchev–Trinajstić information content (AvgIpc) is 3.50. The van der Waals surface area contributed by atoms with E-state index >= 15 is 0 Å². The molecule has 3 aliphatic rings. The Bertz CT molecular complexity index is 1080. The number of hydrogen-bond acceptors (Lipinski definition) is 4. The molecule has 1 aliphatic carbocycles. The summed E-state index contributed by atoms with van der Waals surface area (Å²) in [6.07, 6.45) is 5.27. The van der Waals surface area contributed by atoms with E-state index in [1.807, 2.05) is 54.0 Å². The first kappa shape index (κ1) is 20.2. The van der Waals surface area contributed by atoms with Crippen molar-refractivity contribution in [3.8, 4) is 0 Å². The van der Waals surface area contributed by atoms with Crippen molar-refractivity contribution in [2.24, 2.45) is 11.8 Å². The fourth-order valence-corrected chi connectivity index (χ4v) is 5.54. The lowest BCUT2D eigenvalue weighted by atomic mass is 9.88. The smallest absolute Gasteiger partial charge is 0.258 e. The van der Waals surface area contributed by atoms with Crippen molar-refractivity contribution in [2.75, 3.05) is 6.61 Å². The van der Waals surface area contributed by atoms with Crippen LogP contribution in [0.4, 0.5) is 0 Å². The van der Waals surface area contributed by atoms with Gasteiger partial charge in [0.25, 0.3) is 5.56 Å². The molecule has 0 spiro atoms. The van der Waals surface area contributed by atoms with Crippen LogP contribution >= 0.6 is 0 Å². The Morgan fingerprint density at radius 1 is 1.26 bits per heavy atom. The first-order valence-corrected chi connectivity index (χ1v) is 11.2. The highest BCUT2D eigenvalue weighted by Crippen LogP contribution is 2.43. The Hall–Kier alpha value is -2.70. The fourth-order valence-electron chi connectivity index (χ4n) is 5.54. The zero-order valence-electron chi connectivity index (χ0n) is 17.8. The number of hydrogen-bond donors (Lipinski definition) is 3. The van der Waals surface area contributed by atoms with Gasteiger partial charge in [-0.05, 0) is 49.5 Å². The first-order valence-electron chi connectivity index (χ1n) is 11.2. The number of aliphatic hydroxyl groups is 1. The second-order valence-corrected chi connectivity index (χ2v) is 8.98. The first-order chi connectivity index (χ1) is 15.1. The monoisotopic (exact) mass is 419 g/mol. The molecule has 0 radical (unpaired) electrons. The molecule has 1 saturated heterocycles. The average molecular weight is 420 g/mol. The number of allylic oxidation sites excluding steroid dienone is 2. The maximum Gasteiger partial charge on any atom is 0.258 e. The van der Waals surface area contributed by atoms with Crippen LogP contribution in [0.25, 0.3) is 5.57 Å². The number of amides is 1. The number of nitrogens with zero attached hydrogens (tertiary/aromatic N) is 1. The van der Waals surface area contributed by atoms with E-state index in [0.717, 1.165) is 41.7 Å². The third-order valence-electron chi connectivity index (χ3n) is 7.22. The van der Waals surface area contributed by atoms with Gasteiger partial charge in [-0.25, -0.2) is 0 Å². The minimum Gasteiger partial charge on any atom is -0.396 e. The van der Waals surface area contributed by atoms with Gasteiger partial charge in [0, 0.05) is 36.2 Å². The number of carbonyl (C=O) groups is 1. The summed E-state index contributed by atoms with van der Waals surface area (Å²) in [5.41, 5.74) is 3.96. The maximum atomic E-state index is 13.1. The Kier molecular flexibility index (Phi) is 5.28. The summed E-state index contributed by atoms with van der Waals surface area (Å²) in [4.78, 5) is 26.2. The quantitative estimate of drug-likeness (QED) is 0.696. The molecule has 0 saturated carbocycles. The predicted molar refractivity (Wildman–Crippen MR) is 119 cm³/mol. The van der Waals surface area contributed by atoms with Gasteiger partial charge in [0.1, 0.15) is 0 Å². The van der Waals surface area contributed by atoms with Crippen molar-refractivity contribution in [2.45, 2.75) is 50.9 Å². The minimum atomic E-state index is -0.479. The summed E-state index contributed by atoms with van der Waals surface area (Å²) in [6.45, 7) is 2.41. The van der Waals surface area contributed by atoms with Gasteiger partial charge in [-0.2, -0.15) is 0 Å². The second kappa shape index (κ2) is 8.09. The van der Waals surface area contributed by atoms with Gasteiger partial charge >= 0.3 is 0 Å². The molecule has 1 aromatic heterocycles. The van der Waals surface area contributed by atoms with E-state index < -0.39 is 6.04 Å². The van der Waals surface area contributed by atoms with E-state index in [-0.39, 0.29) is 42.0 Å². The Morgan fingerprint density at radius 2 is 2.06 bits per heavy atom. The third kappa shape index (κ3) is 3.44. The van der Waals surface area contributed by atoms with E-state index in [0.29, 0.717) is 6.54 Å². The second-order valence-electron chi connectivity index (χ2n) is 8.98. The maximum absolute atomic E-state index is 13.1. The number of aliphatic hydroxyl groups excluding tert-OH is 1. The molecule has 3 N–H and O–H groups in total. The summed E-state index contributed by atoms with van der Waals surface area (Å²) in [5.74, 6) is -0.318. The molecule has 162 valence electrons. The number of fused-ring (bicyclic) bond motifs is 3. The minimum absolute atomic E-state index is 0.0216. The lowest BCUT2D eigenvalue weighted by molar-refractivity contribution is -0.125. The van der Waals surface area contributed by atoms with Gasteiger partial charge in [0.15, 0.2) is 0 Å². The SMILES string of the molecule is C[C@@H](NC(=O)[C@H]1N[C@H]2c3ccc(C4=CCCC4)c(=O)n3C[C@H]2[C@@H]1CO)c1ccccc1. The van der Waals surface area contributed by atoms with Crippen molar-refractivity contribution >= 4 is 11.5 Å². The highest BCUT2D eigenvalue weighted by Gasteiger charge is 2.50. The third-order valence-corrected chi connectivity index (χ3v) is 7.22. The van der Waals surface area contributed by atoms with Gasteiger partial charge in [-0.3, -0.25) is 14.9 Å².